The Morgan fingerprint density at radius 1 is 1.08 bits per heavy atom. The molecule has 24 heavy (non-hydrogen) atoms. The van der Waals surface area contributed by atoms with Gasteiger partial charge in [0, 0.05) is 24.9 Å². The van der Waals surface area contributed by atoms with E-state index in [2.05, 4.69) is 15.5 Å². The molecule has 3 rings (SSSR count). The van der Waals surface area contributed by atoms with Crippen LogP contribution in [0.15, 0.2) is 59.1 Å². The molecule has 0 unspecified atom stereocenters. The minimum Gasteiger partial charge on any atom is -0.352 e. The molecule has 1 heterocycles. The fourth-order valence-electron chi connectivity index (χ4n) is 2.18. The second-order valence-corrected chi connectivity index (χ2v) is 5.28. The molecule has 2 aromatic carbocycles. The van der Waals surface area contributed by atoms with Crippen LogP contribution in [0.4, 0.5) is 4.39 Å². The van der Waals surface area contributed by atoms with E-state index in [-0.39, 0.29) is 18.1 Å². The van der Waals surface area contributed by atoms with Gasteiger partial charge in [-0.25, -0.2) is 4.39 Å². The summed E-state index contributed by atoms with van der Waals surface area (Å²) in [7, 11) is 0. The smallest absolute Gasteiger partial charge is 0.227 e. The standard InChI is InChI=1S/C18H16FN3O2/c19-15-8-6-14(7-9-15)18-21-17(24-22-18)11-10-16(23)20-12-13-4-2-1-3-5-13/h1-9H,10-12H2,(H,20,23). The summed E-state index contributed by atoms with van der Waals surface area (Å²) in [6.45, 7) is 0.490. The molecule has 1 amide bonds. The van der Waals surface area contributed by atoms with Gasteiger partial charge in [0.25, 0.3) is 0 Å². The number of benzene rings is 2. The summed E-state index contributed by atoms with van der Waals surface area (Å²) >= 11 is 0. The first kappa shape index (κ1) is 15.9. The first-order valence-corrected chi connectivity index (χ1v) is 7.60. The highest BCUT2D eigenvalue weighted by atomic mass is 19.1. The summed E-state index contributed by atoms with van der Waals surface area (Å²) in [5, 5.41) is 6.69. The monoisotopic (exact) mass is 325 g/mol. The molecular weight excluding hydrogens is 309 g/mol. The van der Waals surface area contributed by atoms with Crippen LogP contribution in [0.25, 0.3) is 11.4 Å². The average molecular weight is 325 g/mol. The summed E-state index contributed by atoms with van der Waals surface area (Å²) in [4.78, 5) is 16.1. The number of hydrogen-bond donors (Lipinski definition) is 1. The summed E-state index contributed by atoms with van der Waals surface area (Å²) in [5.41, 5.74) is 1.71. The Labute approximate surface area is 138 Å². The number of carbonyl (C=O) groups excluding carboxylic acids is 1. The zero-order chi connectivity index (χ0) is 16.8. The van der Waals surface area contributed by atoms with E-state index in [0.717, 1.165) is 5.56 Å². The molecule has 1 N–H and O–H groups in total. The normalized spacial score (nSPS) is 10.5. The third-order valence-electron chi connectivity index (χ3n) is 3.47. The van der Waals surface area contributed by atoms with Crippen LogP contribution in [0, 0.1) is 5.82 Å². The molecule has 3 aromatic rings. The van der Waals surface area contributed by atoms with Gasteiger partial charge in [-0.2, -0.15) is 4.98 Å². The zero-order valence-corrected chi connectivity index (χ0v) is 12.9. The lowest BCUT2D eigenvalue weighted by Crippen LogP contribution is -2.22. The Hall–Kier alpha value is -3.02. The topological polar surface area (TPSA) is 68.0 Å². The van der Waals surface area contributed by atoms with Crippen molar-refractivity contribution in [2.24, 2.45) is 0 Å². The fourth-order valence-corrected chi connectivity index (χ4v) is 2.18. The van der Waals surface area contributed by atoms with Gasteiger partial charge >= 0.3 is 0 Å². The number of aryl methyl sites for hydroxylation is 1. The Kier molecular flexibility index (Phi) is 4.96. The summed E-state index contributed by atoms with van der Waals surface area (Å²) < 4.78 is 18.0. The second kappa shape index (κ2) is 7.50. The Morgan fingerprint density at radius 3 is 2.58 bits per heavy atom. The molecule has 0 radical (unpaired) electrons. The molecule has 0 saturated heterocycles. The van der Waals surface area contributed by atoms with Crippen LogP contribution in [-0.4, -0.2) is 16.0 Å². The quantitative estimate of drug-likeness (QED) is 0.756. The van der Waals surface area contributed by atoms with E-state index >= 15 is 0 Å². The van der Waals surface area contributed by atoms with Crippen LogP contribution in [0.1, 0.15) is 17.9 Å². The predicted octanol–water partition coefficient (Wildman–Crippen LogP) is 3.12. The van der Waals surface area contributed by atoms with Gasteiger partial charge < -0.3 is 9.84 Å². The van der Waals surface area contributed by atoms with E-state index in [1.165, 1.54) is 12.1 Å². The SMILES string of the molecule is O=C(CCc1nc(-c2ccc(F)cc2)no1)NCc1ccccc1. The molecule has 5 nitrogen and oxygen atoms in total. The lowest BCUT2D eigenvalue weighted by molar-refractivity contribution is -0.121. The summed E-state index contributed by atoms with van der Waals surface area (Å²) in [6, 6.07) is 15.5. The lowest BCUT2D eigenvalue weighted by Gasteiger charge is -2.03. The third kappa shape index (κ3) is 4.25. The Morgan fingerprint density at radius 2 is 1.83 bits per heavy atom. The van der Waals surface area contributed by atoms with Crippen LogP contribution in [0.2, 0.25) is 0 Å². The third-order valence-corrected chi connectivity index (χ3v) is 3.47. The van der Waals surface area contributed by atoms with Crippen LogP contribution in [0.5, 0.6) is 0 Å². The molecule has 0 fully saturated rings. The molecule has 0 saturated carbocycles. The number of nitrogens with zero attached hydrogens (tertiary/aromatic N) is 2. The number of halogens is 1. The molecule has 0 aliphatic rings. The van der Waals surface area contributed by atoms with E-state index in [4.69, 9.17) is 4.52 Å². The number of hydrogen-bond acceptors (Lipinski definition) is 4. The molecule has 122 valence electrons. The fraction of sp³-hybridized carbons (Fsp3) is 0.167. The Balaban J connectivity index is 1.50. The highest BCUT2D eigenvalue weighted by Gasteiger charge is 2.10. The van der Waals surface area contributed by atoms with Crippen molar-refractivity contribution in [3.8, 4) is 11.4 Å². The molecule has 0 spiro atoms. The largest absolute Gasteiger partial charge is 0.352 e. The number of carbonyl (C=O) groups is 1. The molecule has 0 bridgehead atoms. The minimum absolute atomic E-state index is 0.0830. The van der Waals surface area contributed by atoms with Crippen molar-refractivity contribution in [2.75, 3.05) is 0 Å². The van der Waals surface area contributed by atoms with Gasteiger partial charge in [0.2, 0.25) is 17.6 Å². The van der Waals surface area contributed by atoms with Gasteiger partial charge in [0.1, 0.15) is 5.82 Å². The van der Waals surface area contributed by atoms with Crippen LogP contribution >= 0.6 is 0 Å². The highest BCUT2D eigenvalue weighted by Crippen LogP contribution is 2.16. The van der Waals surface area contributed by atoms with Gasteiger partial charge in [-0.15, -0.1) is 0 Å². The first-order valence-electron chi connectivity index (χ1n) is 7.60. The van der Waals surface area contributed by atoms with Crippen LogP contribution in [0.3, 0.4) is 0 Å². The van der Waals surface area contributed by atoms with E-state index in [0.29, 0.717) is 30.2 Å². The lowest BCUT2D eigenvalue weighted by atomic mass is 10.2. The first-order chi connectivity index (χ1) is 11.7. The van der Waals surface area contributed by atoms with E-state index < -0.39 is 0 Å². The Bertz CT molecular complexity index is 801. The molecule has 6 heteroatoms. The van der Waals surface area contributed by atoms with Gasteiger partial charge in [-0.1, -0.05) is 35.5 Å². The average Bonchev–Trinajstić information content (AvgIpc) is 3.09. The van der Waals surface area contributed by atoms with Gasteiger partial charge in [-0.05, 0) is 29.8 Å². The number of amides is 1. The van der Waals surface area contributed by atoms with Gasteiger partial charge in [0.15, 0.2) is 0 Å². The number of nitrogens with one attached hydrogen (secondary N) is 1. The van der Waals surface area contributed by atoms with Crippen molar-refractivity contribution < 1.29 is 13.7 Å². The van der Waals surface area contributed by atoms with Crippen molar-refractivity contribution in [3.63, 3.8) is 0 Å². The molecule has 0 atom stereocenters. The van der Waals surface area contributed by atoms with Crippen molar-refractivity contribution in [1.82, 2.24) is 15.5 Å². The molecule has 0 aliphatic carbocycles. The van der Waals surface area contributed by atoms with E-state index in [1.807, 2.05) is 30.3 Å². The number of aromatic nitrogens is 2. The minimum atomic E-state index is -0.322. The maximum Gasteiger partial charge on any atom is 0.227 e. The van der Waals surface area contributed by atoms with Crippen molar-refractivity contribution >= 4 is 5.91 Å². The maximum absolute atomic E-state index is 12.9. The molecule has 1 aromatic heterocycles. The van der Waals surface area contributed by atoms with Crippen LogP contribution in [-0.2, 0) is 17.8 Å². The maximum atomic E-state index is 12.9. The molecular formula is C18H16FN3O2. The molecule has 0 aliphatic heterocycles. The van der Waals surface area contributed by atoms with Gasteiger partial charge in [0.05, 0.1) is 0 Å². The predicted molar refractivity (Wildman–Crippen MR) is 86.3 cm³/mol. The van der Waals surface area contributed by atoms with E-state index in [9.17, 15) is 9.18 Å². The van der Waals surface area contributed by atoms with Crippen molar-refractivity contribution in [3.05, 3.63) is 71.9 Å². The summed E-state index contributed by atoms with van der Waals surface area (Å²) in [5.74, 6) is 0.358. The summed E-state index contributed by atoms with van der Waals surface area (Å²) in [6.07, 6.45) is 0.618. The van der Waals surface area contributed by atoms with E-state index in [1.54, 1.807) is 12.1 Å². The second-order valence-electron chi connectivity index (χ2n) is 5.28. The van der Waals surface area contributed by atoms with Crippen molar-refractivity contribution in [1.29, 1.82) is 0 Å². The van der Waals surface area contributed by atoms with Crippen LogP contribution < -0.4 is 5.32 Å². The zero-order valence-electron chi connectivity index (χ0n) is 12.9. The van der Waals surface area contributed by atoms with Crippen molar-refractivity contribution in [2.45, 2.75) is 19.4 Å². The number of rotatable bonds is 6. The highest BCUT2D eigenvalue weighted by molar-refractivity contribution is 5.76. The van der Waals surface area contributed by atoms with Gasteiger partial charge in [-0.3, -0.25) is 4.79 Å².